The monoisotopic (exact) mass is 322 g/mol. The van der Waals surface area contributed by atoms with Crippen LogP contribution in [0.2, 0.25) is 0 Å². The van der Waals surface area contributed by atoms with Gasteiger partial charge in [-0.05, 0) is 43.3 Å². The van der Waals surface area contributed by atoms with Crippen molar-refractivity contribution >= 4 is 11.6 Å². The molecule has 0 fully saturated rings. The molecular weight excluding hydrogens is 309 g/mol. The lowest BCUT2D eigenvalue weighted by Gasteiger charge is -2.10. The number of carbonyl (C=O) groups excluding carboxylic acids is 1. The molecule has 7 heteroatoms. The van der Waals surface area contributed by atoms with Crippen molar-refractivity contribution in [2.45, 2.75) is 13.5 Å². The van der Waals surface area contributed by atoms with Gasteiger partial charge in [0.25, 0.3) is 5.91 Å². The standard InChI is InChI=1S/C16H13F3N2O2/c1-10(13-4-2-3-5-14(13)23-16(18)19)20-21-15(22)11-6-8-12(17)9-7-11/h2-9,16H,1H3,(H,21,22)/b20-10-. The predicted molar refractivity (Wildman–Crippen MR) is 79.2 cm³/mol. The van der Waals surface area contributed by atoms with Gasteiger partial charge in [-0.25, -0.2) is 9.82 Å². The van der Waals surface area contributed by atoms with Crippen LogP contribution in [0.1, 0.15) is 22.8 Å². The van der Waals surface area contributed by atoms with E-state index in [1.165, 1.54) is 18.2 Å². The SMILES string of the molecule is C/C(=N/NC(=O)c1ccc(F)cc1)c1ccccc1OC(F)F. The highest BCUT2D eigenvalue weighted by atomic mass is 19.3. The zero-order valence-electron chi connectivity index (χ0n) is 12.1. The summed E-state index contributed by atoms with van der Waals surface area (Å²) in [4.78, 5) is 11.9. The van der Waals surface area contributed by atoms with Crippen molar-refractivity contribution in [1.29, 1.82) is 0 Å². The van der Waals surface area contributed by atoms with E-state index in [1.54, 1.807) is 25.1 Å². The van der Waals surface area contributed by atoms with Crippen molar-refractivity contribution in [3.05, 3.63) is 65.5 Å². The van der Waals surface area contributed by atoms with E-state index >= 15 is 0 Å². The molecule has 0 aromatic heterocycles. The zero-order chi connectivity index (χ0) is 16.8. The second kappa shape index (κ2) is 7.44. The number of para-hydroxylation sites is 1. The summed E-state index contributed by atoms with van der Waals surface area (Å²) in [6.07, 6.45) is 0. The number of hydrogen-bond acceptors (Lipinski definition) is 3. The van der Waals surface area contributed by atoms with Crippen molar-refractivity contribution in [2.75, 3.05) is 0 Å². The Morgan fingerprint density at radius 2 is 1.78 bits per heavy atom. The van der Waals surface area contributed by atoms with E-state index in [4.69, 9.17) is 0 Å². The maximum absolute atomic E-state index is 12.8. The van der Waals surface area contributed by atoms with Crippen LogP contribution in [0, 0.1) is 5.82 Å². The molecule has 0 bridgehead atoms. The van der Waals surface area contributed by atoms with Crippen LogP contribution in [0.15, 0.2) is 53.6 Å². The van der Waals surface area contributed by atoms with Crippen LogP contribution < -0.4 is 10.2 Å². The molecule has 0 aliphatic heterocycles. The van der Waals surface area contributed by atoms with Crippen molar-refractivity contribution in [2.24, 2.45) is 5.10 Å². The van der Waals surface area contributed by atoms with Crippen LogP contribution in [0.3, 0.4) is 0 Å². The fraction of sp³-hybridized carbons (Fsp3) is 0.125. The molecule has 4 nitrogen and oxygen atoms in total. The first-order chi connectivity index (χ1) is 11.0. The maximum atomic E-state index is 12.8. The van der Waals surface area contributed by atoms with E-state index in [1.807, 2.05) is 0 Å². The number of hydrogen-bond donors (Lipinski definition) is 1. The third kappa shape index (κ3) is 4.57. The topological polar surface area (TPSA) is 50.7 Å². The van der Waals surface area contributed by atoms with E-state index < -0.39 is 18.3 Å². The van der Waals surface area contributed by atoms with Gasteiger partial charge in [-0.2, -0.15) is 13.9 Å². The molecular formula is C16H13F3N2O2. The number of alkyl halides is 2. The predicted octanol–water partition coefficient (Wildman–Crippen LogP) is 3.58. The van der Waals surface area contributed by atoms with Gasteiger partial charge in [-0.15, -0.1) is 0 Å². The minimum Gasteiger partial charge on any atom is -0.434 e. The number of amides is 1. The second-order valence-corrected chi connectivity index (χ2v) is 4.52. The average molecular weight is 322 g/mol. The third-order valence-electron chi connectivity index (χ3n) is 2.92. The molecule has 0 aliphatic carbocycles. The summed E-state index contributed by atoms with van der Waals surface area (Å²) in [6.45, 7) is -1.42. The van der Waals surface area contributed by atoms with E-state index in [9.17, 15) is 18.0 Å². The first-order valence-electron chi connectivity index (χ1n) is 6.62. The van der Waals surface area contributed by atoms with Gasteiger partial charge in [0.2, 0.25) is 0 Å². The molecule has 0 atom stereocenters. The molecule has 1 N–H and O–H groups in total. The summed E-state index contributed by atoms with van der Waals surface area (Å²) in [5.74, 6) is -1.05. The van der Waals surface area contributed by atoms with Gasteiger partial charge >= 0.3 is 6.61 Å². The number of carbonyl (C=O) groups is 1. The minimum absolute atomic E-state index is 0.0419. The van der Waals surface area contributed by atoms with Crippen molar-refractivity contribution < 1.29 is 22.7 Å². The molecule has 2 aromatic carbocycles. The lowest BCUT2D eigenvalue weighted by molar-refractivity contribution is -0.0499. The smallest absolute Gasteiger partial charge is 0.387 e. The van der Waals surface area contributed by atoms with Crippen LogP contribution in [-0.4, -0.2) is 18.2 Å². The molecule has 0 heterocycles. The zero-order valence-corrected chi connectivity index (χ0v) is 12.1. The Bertz CT molecular complexity index is 716. The van der Waals surface area contributed by atoms with Gasteiger partial charge in [0.1, 0.15) is 11.6 Å². The molecule has 0 aliphatic rings. The number of rotatable bonds is 5. The van der Waals surface area contributed by atoms with E-state index in [2.05, 4.69) is 15.3 Å². The summed E-state index contributed by atoms with van der Waals surface area (Å²) in [5, 5.41) is 3.86. The first kappa shape index (κ1) is 16.5. The molecule has 0 radical (unpaired) electrons. The molecule has 2 rings (SSSR count). The van der Waals surface area contributed by atoms with Crippen LogP contribution in [-0.2, 0) is 0 Å². The fourth-order valence-corrected chi connectivity index (χ4v) is 1.82. The molecule has 1 amide bonds. The van der Waals surface area contributed by atoms with E-state index in [0.717, 1.165) is 12.1 Å². The normalized spacial score (nSPS) is 11.4. The number of nitrogens with zero attached hydrogens (tertiary/aromatic N) is 1. The van der Waals surface area contributed by atoms with Crippen LogP contribution in [0.5, 0.6) is 5.75 Å². The molecule has 23 heavy (non-hydrogen) atoms. The minimum atomic E-state index is -2.96. The largest absolute Gasteiger partial charge is 0.434 e. The first-order valence-corrected chi connectivity index (χ1v) is 6.62. The number of halogens is 3. The maximum Gasteiger partial charge on any atom is 0.387 e. The molecule has 0 unspecified atom stereocenters. The number of hydrazone groups is 1. The highest BCUT2D eigenvalue weighted by Gasteiger charge is 2.12. The molecule has 0 spiro atoms. The highest BCUT2D eigenvalue weighted by Crippen LogP contribution is 2.20. The Hall–Kier alpha value is -2.83. The number of ether oxygens (including phenoxy) is 1. The third-order valence-corrected chi connectivity index (χ3v) is 2.92. The Kier molecular flexibility index (Phi) is 5.35. The Balaban J connectivity index is 2.14. The van der Waals surface area contributed by atoms with Crippen molar-refractivity contribution in [3.8, 4) is 5.75 Å². The van der Waals surface area contributed by atoms with Gasteiger partial charge in [-0.3, -0.25) is 4.79 Å². The Morgan fingerprint density at radius 1 is 1.13 bits per heavy atom. The summed E-state index contributed by atoms with van der Waals surface area (Å²) in [6, 6.07) is 11.0. The summed E-state index contributed by atoms with van der Waals surface area (Å²) in [5.41, 5.74) is 3.12. The fourth-order valence-electron chi connectivity index (χ4n) is 1.82. The Labute approximate surface area is 130 Å². The van der Waals surface area contributed by atoms with Crippen LogP contribution in [0.25, 0.3) is 0 Å². The Morgan fingerprint density at radius 3 is 2.43 bits per heavy atom. The average Bonchev–Trinajstić information content (AvgIpc) is 2.53. The molecule has 0 saturated heterocycles. The molecule has 0 saturated carbocycles. The van der Waals surface area contributed by atoms with Crippen molar-refractivity contribution in [3.63, 3.8) is 0 Å². The van der Waals surface area contributed by atoms with Crippen molar-refractivity contribution in [1.82, 2.24) is 5.43 Å². The molecule has 120 valence electrons. The van der Waals surface area contributed by atoms with Crippen LogP contribution >= 0.6 is 0 Å². The second-order valence-electron chi connectivity index (χ2n) is 4.52. The van der Waals surface area contributed by atoms with Gasteiger partial charge in [-0.1, -0.05) is 12.1 Å². The highest BCUT2D eigenvalue weighted by molar-refractivity contribution is 6.02. The lowest BCUT2D eigenvalue weighted by atomic mass is 10.1. The molecule has 2 aromatic rings. The summed E-state index contributed by atoms with van der Waals surface area (Å²) in [7, 11) is 0. The number of nitrogens with one attached hydrogen (secondary N) is 1. The van der Waals surface area contributed by atoms with Gasteiger partial charge in [0.05, 0.1) is 5.71 Å². The van der Waals surface area contributed by atoms with Crippen LogP contribution in [0.4, 0.5) is 13.2 Å². The van der Waals surface area contributed by atoms with Gasteiger partial charge in [0, 0.05) is 11.1 Å². The summed E-state index contributed by atoms with van der Waals surface area (Å²) < 4.78 is 41.9. The van der Waals surface area contributed by atoms with Gasteiger partial charge < -0.3 is 4.74 Å². The lowest BCUT2D eigenvalue weighted by Crippen LogP contribution is -2.19. The van der Waals surface area contributed by atoms with E-state index in [-0.39, 0.29) is 17.0 Å². The van der Waals surface area contributed by atoms with Gasteiger partial charge in [0.15, 0.2) is 0 Å². The quantitative estimate of drug-likeness (QED) is 0.676. The summed E-state index contributed by atoms with van der Waals surface area (Å²) >= 11 is 0. The number of benzene rings is 2. The van der Waals surface area contributed by atoms with E-state index in [0.29, 0.717) is 5.56 Å².